The average molecular weight is 396 g/mol. The number of nitrogens with one attached hydrogen (secondary N) is 1. The van der Waals surface area contributed by atoms with Crippen LogP contribution in [0.2, 0.25) is 5.02 Å². The first-order valence-electron chi connectivity index (χ1n) is 8.95. The van der Waals surface area contributed by atoms with E-state index in [9.17, 15) is 4.79 Å². The second kappa shape index (κ2) is 10.2. The van der Waals surface area contributed by atoms with Crippen molar-refractivity contribution in [3.8, 4) is 0 Å². The molecule has 0 aromatic heterocycles. The molecule has 3 rings (SSSR count). The Kier molecular flexibility index (Phi) is 7.37. The van der Waals surface area contributed by atoms with Crippen LogP contribution in [0.1, 0.15) is 21.9 Å². The fraction of sp³-hybridized carbons (Fsp3) is 0.174. The molecule has 3 aromatic rings. The van der Waals surface area contributed by atoms with Crippen LogP contribution in [0.15, 0.2) is 84.9 Å². The summed E-state index contributed by atoms with van der Waals surface area (Å²) < 4.78 is 0. The Morgan fingerprint density at radius 2 is 1.44 bits per heavy atom. The van der Waals surface area contributed by atoms with Gasteiger partial charge in [-0.3, -0.25) is 4.79 Å². The highest BCUT2D eigenvalue weighted by molar-refractivity contribution is 8.00. The van der Waals surface area contributed by atoms with Crippen molar-refractivity contribution in [1.82, 2.24) is 5.32 Å². The monoisotopic (exact) mass is 395 g/mol. The third kappa shape index (κ3) is 6.16. The highest BCUT2D eigenvalue weighted by Crippen LogP contribution is 2.35. The molecular formula is C23H22ClNOS. The minimum absolute atomic E-state index is 0.0609. The van der Waals surface area contributed by atoms with Crippen LogP contribution >= 0.6 is 23.4 Å². The van der Waals surface area contributed by atoms with Crippen LogP contribution in [0, 0.1) is 0 Å². The largest absolute Gasteiger partial charge is 0.355 e. The number of amides is 1. The van der Waals surface area contributed by atoms with E-state index in [4.69, 9.17) is 11.6 Å². The van der Waals surface area contributed by atoms with Crippen LogP contribution in [0.5, 0.6) is 0 Å². The molecule has 1 atom stereocenters. The van der Waals surface area contributed by atoms with Gasteiger partial charge in [-0.05, 0) is 35.2 Å². The van der Waals surface area contributed by atoms with E-state index in [-0.39, 0.29) is 11.2 Å². The minimum atomic E-state index is 0.0609. The third-order valence-corrected chi connectivity index (χ3v) is 5.79. The predicted octanol–water partition coefficient (Wildman–Crippen LogP) is 5.52. The Labute approximate surface area is 170 Å². The van der Waals surface area contributed by atoms with Gasteiger partial charge in [0.1, 0.15) is 0 Å². The number of hydrogen-bond donors (Lipinski definition) is 1. The lowest BCUT2D eigenvalue weighted by atomic mass is 10.0. The van der Waals surface area contributed by atoms with Crippen molar-refractivity contribution >= 4 is 29.3 Å². The summed E-state index contributed by atoms with van der Waals surface area (Å²) in [4.78, 5) is 12.3. The number of carbonyl (C=O) groups is 1. The molecule has 0 bridgehead atoms. The second-order valence-corrected chi connectivity index (χ2v) is 7.77. The number of hydrogen-bond acceptors (Lipinski definition) is 2. The first-order chi connectivity index (χ1) is 13.2. The van der Waals surface area contributed by atoms with E-state index >= 15 is 0 Å². The molecule has 3 aromatic carbocycles. The molecular weight excluding hydrogens is 374 g/mol. The van der Waals surface area contributed by atoms with E-state index in [1.807, 2.05) is 60.7 Å². The highest BCUT2D eigenvalue weighted by atomic mass is 35.5. The number of benzene rings is 3. The van der Waals surface area contributed by atoms with Crippen molar-refractivity contribution < 1.29 is 4.79 Å². The predicted molar refractivity (Wildman–Crippen MR) is 115 cm³/mol. The molecule has 0 aliphatic carbocycles. The summed E-state index contributed by atoms with van der Waals surface area (Å²) in [6.07, 6.45) is 0.844. The van der Waals surface area contributed by atoms with Crippen molar-refractivity contribution in [3.05, 3.63) is 107 Å². The zero-order valence-electron chi connectivity index (χ0n) is 15.0. The van der Waals surface area contributed by atoms with Gasteiger partial charge in [0, 0.05) is 11.6 Å². The summed E-state index contributed by atoms with van der Waals surface area (Å²) in [5.74, 6) is 0.475. The van der Waals surface area contributed by atoms with Crippen molar-refractivity contribution in [3.63, 3.8) is 0 Å². The Balaban J connectivity index is 1.57. The van der Waals surface area contributed by atoms with Crippen LogP contribution in [0.4, 0.5) is 0 Å². The van der Waals surface area contributed by atoms with Crippen LogP contribution in [-0.2, 0) is 11.2 Å². The molecule has 1 N–H and O–H groups in total. The van der Waals surface area contributed by atoms with E-state index in [0.29, 0.717) is 17.3 Å². The number of carbonyl (C=O) groups excluding carboxylic acids is 1. The smallest absolute Gasteiger partial charge is 0.230 e. The number of rotatable bonds is 8. The first kappa shape index (κ1) is 19.5. The van der Waals surface area contributed by atoms with Crippen LogP contribution < -0.4 is 5.32 Å². The van der Waals surface area contributed by atoms with E-state index < -0.39 is 0 Å². The zero-order valence-corrected chi connectivity index (χ0v) is 16.5. The van der Waals surface area contributed by atoms with Gasteiger partial charge in [-0.15, -0.1) is 11.8 Å². The van der Waals surface area contributed by atoms with E-state index in [2.05, 4.69) is 29.6 Å². The highest BCUT2D eigenvalue weighted by Gasteiger charge is 2.16. The summed E-state index contributed by atoms with van der Waals surface area (Å²) in [6, 6.07) is 28.3. The Morgan fingerprint density at radius 1 is 0.852 bits per heavy atom. The molecule has 0 saturated heterocycles. The van der Waals surface area contributed by atoms with Crippen molar-refractivity contribution in [2.24, 2.45) is 0 Å². The van der Waals surface area contributed by atoms with Gasteiger partial charge in [-0.25, -0.2) is 0 Å². The van der Waals surface area contributed by atoms with Gasteiger partial charge in [-0.2, -0.15) is 0 Å². The number of thioether (sulfide) groups is 1. The Bertz CT molecular complexity index is 837. The maximum atomic E-state index is 12.3. The van der Waals surface area contributed by atoms with Gasteiger partial charge >= 0.3 is 0 Å². The van der Waals surface area contributed by atoms with E-state index in [1.165, 1.54) is 11.1 Å². The normalized spacial score (nSPS) is 11.7. The maximum Gasteiger partial charge on any atom is 0.230 e. The van der Waals surface area contributed by atoms with Crippen molar-refractivity contribution in [1.29, 1.82) is 0 Å². The van der Waals surface area contributed by atoms with Gasteiger partial charge < -0.3 is 5.32 Å². The molecule has 0 radical (unpaired) electrons. The summed E-state index contributed by atoms with van der Waals surface area (Å²) in [5.41, 5.74) is 3.56. The lowest BCUT2D eigenvalue weighted by Gasteiger charge is -2.18. The Morgan fingerprint density at radius 3 is 2.11 bits per heavy atom. The van der Waals surface area contributed by atoms with Gasteiger partial charge in [0.05, 0.1) is 11.0 Å². The zero-order chi connectivity index (χ0) is 18.9. The molecule has 2 nitrogen and oxygen atoms in total. The third-order valence-electron chi connectivity index (χ3n) is 4.23. The number of halogens is 1. The fourth-order valence-electron chi connectivity index (χ4n) is 2.85. The van der Waals surface area contributed by atoms with Crippen molar-refractivity contribution in [2.45, 2.75) is 11.7 Å². The van der Waals surface area contributed by atoms with Crippen LogP contribution in [0.25, 0.3) is 0 Å². The Hall–Kier alpha value is -2.23. The first-order valence-corrected chi connectivity index (χ1v) is 10.4. The molecule has 0 spiro atoms. The molecule has 138 valence electrons. The summed E-state index contributed by atoms with van der Waals surface area (Å²) >= 11 is 7.66. The molecule has 0 fully saturated rings. The maximum absolute atomic E-state index is 12.3. The van der Waals surface area contributed by atoms with Crippen LogP contribution in [0.3, 0.4) is 0 Å². The quantitative estimate of drug-likeness (QED) is 0.544. The molecule has 1 amide bonds. The lowest BCUT2D eigenvalue weighted by molar-refractivity contribution is -0.118. The second-order valence-electron chi connectivity index (χ2n) is 6.24. The average Bonchev–Trinajstić information content (AvgIpc) is 2.71. The molecule has 4 heteroatoms. The molecule has 0 saturated carbocycles. The summed E-state index contributed by atoms with van der Waals surface area (Å²) in [7, 11) is 0. The van der Waals surface area contributed by atoms with Crippen LogP contribution in [-0.4, -0.2) is 18.2 Å². The topological polar surface area (TPSA) is 29.1 Å². The molecule has 0 aliphatic rings. The molecule has 27 heavy (non-hydrogen) atoms. The molecule has 0 aliphatic heterocycles. The van der Waals surface area contributed by atoms with E-state index in [1.54, 1.807) is 11.8 Å². The van der Waals surface area contributed by atoms with E-state index in [0.717, 1.165) is 12.0 Å². The molecule has 1 unspecified atom stereocenters. The lowest BCUT2D eigenvalue weighted by Crippen LogP contribution is -2.27. The fourth-order valence-corrected chi connectivity index (χ4v) is 4.10. The van der Waals surface area contributed by atoms with Gasteiger partial charge in [0.15, 0.2) is 0 Å². The SMILES string of the molecule is O=C(CSC(c1ccccc1)c1ccc(Cl)cc1)NCCc1ccccc1. The standard InChI is InChI=1S/C23H22ClNOS/c24-21-13-11-20(12-14-21)23(19-9-5-2-6-10-19)27-17-22(26)25-16-15-18-7-3-1-4-8-18/h1-14,23H,15-17H2,(H,25,26). The van der Waals surface area contributed by atoms with Gasteiger partial charge in [0.25, 0.3) is 0 Å². The minimum Gasteiger partial charge on any atom is -0.355 e. The van der Waals surface area contributed by atoms with Gasteiger partial charge in [-0.1, -0.05) is 84.4 Å². The summed E-state index contributed by atoms with van der Waals surface area (Å²) in [5, 5.41) is 3.83. The van der Waals surface area contributed by atoms with Gasteiger partial charge in [0.2, 0.25) is 5.91 Å². The van der Waals surface area contributed by atoms with Crippen molar-refractivity contribution in [2.75, 3.05) is 12.3 Å². The molecule has 0 heterocycles. The summed E-state index contributed by atoms with van der Waals surface area (Å²) in [6.45, 7) is 0.653.